The molecule has 0 spiro atoms. The average molecular weight is 646 g/mol. The number of benzene rings is 5. The summed E-state index contributed by atoms with van der Waals surface area (Å²) in [5.41, 5.74) is 7.38. The van der Waals surface area contributed by atoms with Gasteiger partial charge in [-0.25, -0.2) is 0 Å². The Bertz CT molecular complexity index is 1880. The van der Waals surface area contributed by atoms with Crippen LogP contribution < -0.4 is 0 Å². The first-order chi connectivity index (χ1) is 23.0. The average Bonchev–Trinajstić information content (AvgIpc) is 3.06. The summed E-state index contributed by atoms with van der Waals surface area (Å²) in [5, 5.41) is 75.6. The van der Waals surface area contributed by atoms with E-state index < -0.39 is 0 Å². The Morgan fingerprint density at radius 2 is 0.562 bits per heavy atom. The van der Waals surface area contributed by atoms with Gasteiger partial charge >= 0.3 is 0 Å². The molecule has 5 aromatic carbocycles. The van der Waals surface area contributed by atoms with E-state index in [1.807, 2.05) is 42.5 Å². The van der Waals surface area contributed by atoms with Crippen molar-refractivity contribution in [2.75, 3.05) is 0 Å². The van der Waals surface area contributed by atoms with E-state index in [0.29, 0.717) is 25.7 Å². The number of phenols is 8. The molecule has 0 bridgehead atoms. The summed E-state index contributed by atoms with van der Waals surface area (Å²) in [7, 11) is 0. The van der Waals surface area contributed by atoms with E-state index in [4.69, 9.17) is 0 Å². The fraction of sp³-hybridized carbons (Fsp3) is 0.103. The van der Waals surface area contributed by atoms with Crippen LogP contribution in [0.1, 0.15) is 44.8 Å². The molecule has 8 N–H and O–H groups in total. The molecule has 0 aliphatic rings. The molecule has 1 aromatic heterocycles. The first-order valence-electron chi connectivity index (χ1n) is 15.1. The fourth-order valence-corrected chi connectivity index (χ4v) is 5.11. The maximum atomic E-state index is 9.56. The second kappa shape index (κ2) is 14.8. The van der Waals surface area contributed by atoms with E-state index in [2.05, 4.69) is 4.98 Å². The standard InChI is InChI=1S/C20H18O4.C19H17NO4/c21-17-7-5-15(11-19(17)23)9-13-1-2-14(4-3-13)10-16-6-8-18(22)20(24)12-16;21-16-6-4-12(10-18(16)23)8-14-2-1-3-15(20-14)9-13-5-7-17(22)19(24)11-13/h1-8,11-12,21-24H,9-10H2;1-7,10-11,21-24H,8-9H2. The lowest BCUT2D eigenvalue weighted by molar-refractivity contribution is 0.403. The van der Waals surface area contributed by atoms with Crippen LogP contribution in [0, 0.1) is 0 Å². The minimum atomic E-state index is -0.150. The molecule has 244 valence electrons. The van der Waals surface area contributed by atoms with Gasteiger partial charge in [-0.2, -0.15) is 0 Å². The first kappa shape index (κ1) is 33.0. The Morgan fingerprint density at radius 3 is 0.854 bits per heavy atom. The van der Waals surface area contributed by atoms with Gasteiger partial charge in [0.1, 0.15) is 0 Å². The van der Waals surface area contributed by atoms with Crippen molar-refractivity contribution < 1.29 is 40.9 Å². The van der Waals surface area contributed by atoms with E-state index in [1.165, 1.54) is 36.4 Å². The normalized spacial score (nSPS) is 10.7. The number of rotatable bonds is 8. The molecule has 48 heavy (non-hydrogen) atoms. The molecular weight excluding hydrogens is 610 g/mol. The molecule has 0 aliphatic heterocycles. The van der Waals surface area contributed by atoms with Crippen molar-refractivity contribution in [2.45, 2.75) is 25.7 Å². The highest BCUT2D eigenvalue weighted by Gasteiger charge is 2.07. The van der Waals surface area contributed by atoms with Crippen LogP contribution in [0.5, 0.6) is 46.0 Å². The van der Waals surface area contributed by atoms with E-state index in [1.54, 1.807) is 36.4 Å². The summed E-state index contributed by atoms with van der Waals surface area (Å²) in [6.45, 7) is 0. The fourth-order valence-electron chi connectivity index (χ4n) is 5.11. The number of hydrogen-bond acceptors (Lipinski definition) is 9. The Morgan fingerprint density at radius 1 is 0.292 bits per heavy atom. The van der Waals surface area contributed by atoms with Crippen LogP contribution in [0.25, 0.3) is 0 Å². The molecule has 9 heteroatoms. The molecule has 9 nitrogen and oxygen atoms in total. The van der Waals surface area contributed by atoms with Crippen molar-refractivity contribution in [2.24, 2.45) is 0 Å². The minimum absolute atomic E-state index is 0.115. The maximum Gasteiger partial charge on any atom is 0.157 e. The van der Waals surface area contributed by atoms with Gasteiger partial charge < -0.3 is 40.9 Å². The molecule has 0 amide bonds. The molecule has 1 heterocycles. The molecule has 0 fully saturated rings. The van der Waals surface area contributed by atoms with Crippen LogP contribution >= 0.6 is 0 Å². The topological polar surface area (TPSA) is 175 Å². The van der Waals surface area contributed by atoms with Gasteiger partial charge in [0.25, 0.3) is 0 Å². The lowest BCUT2D eigenvalue weighted by atomic mass is 10.00. The van der Waals surface area contributed by atoms with Crippen molar-refractivity contribution in [3.8, 4) is 46.0 Å². The van der Waals surface area contributed by atoms with Gasteiger partial charge in [0.15, 0.2) is 46.0 Å². The number of phenolic OH excluding ortho intramolecular Hbond substituents is 8. The molecular formula is C39H35NO8. The van der Waals surface area contributed by atoms with Gasteiger partial charge in [0.2, 0.25) is 0 Å². The largest absolute Gasteiger partial charge is 0.504 e. The Balaban J connectivity index is 0.000000188. The third-order valence-electron chi connectivity index (χ3n) is 7.63. The third kappa shape index (κ3) is 8.88. The van der Waals surface area contributed by atoms with E-state index in [0.717, 1.165) is 44.8 Å². The molecule has 0 saturated heterocycles. The van der Waals surface area contributed by atoms with Gasteiger partial charge in [-0.3, -0.25) is 4.98 Å². The summed E-state index contributed by atoms with van der Waals surface area (Å²) in [5.74, 6) is -1.06. The quantitative estimate of drug-likeness (QED) is 0.0830. The smallest absolute Gasteiger partial charge is 0.157 e. The minimum Gasteiger partial charge on any atom is -0.504 e. The van der Waals surface area contributed by atoms with Gasteiger partial charge in [0, 0.05) is 24.2 Å². The summed E-state index contributed by atoms with van der Waals surface area (Å²) >= 11 is 0. The van der Waals surface area contributed by atoms with Crippen LogP contribution in [-0.2, 0) is 25.7 Å². The monoisotopic (exact) mass is 645 g/mol. The Labute approximate surface area is 277 Å². The Kier molecular flexibility index (Phi) is 10.2. The highest BCUT2D eigenvalue weighted by Crippen LogP contribution is 2.29. The van der Waals surface area contributed by atoms with Crippen LogP contribution in [0.15, 0.2) is 115 Å². The van der Waals surface area contributed by atoms with Gasteiger partial charge in [0.05, 0.1) is 0 Å². The van der Waals surface area contributed by atoms with Crippen molar-refractivity contribution in [3.63, 3.8) is 0 Å². The van der Waals surface area contributed by atoms with Crippen LogP contribution in [0.4, 0.5) is 0 Å². The molecule has 0 saturated carbocycles. The predicted molar refractivity (Wildman–Crippen MR) is 181 cm³/mol. The van der Waals surface area contributed by atoms with Gasteiger partial charge in [-0.15, -0.1) is 0 Å². The second-order valence-corrected chi connectivity index (χ2v) is 11.4. The lowest BCUT2D eigenvalue weighted by Gasteiger charge is -2.07. The summed E-state index contributed by atoms with van der Waals surface area (Å²) in [6.07, 6.45) is 2.38. The molecule has 0 atom stereocenters. The lowest BCUT2D eigenvalue weighted by Crippen LogP contribution is -1.98. The molecule has 0 radical (unpaired) electrons. The van der Waals surface area contributed by atoms with Gasteiger partial charge in [-0.05, 0) is 107 Å². The maximum absolute atomic E-state index is 9.56. The van der Waals surface area contributed by atoms with Crippen molar-refractivity contribution in [1.29, 1.82) is 0 Å². The number of aromatic nitrogens is 1. The SMILES string of the molecule is Oc1ccc(Cc2ccc(Cc3ccc(O)c(O)c3)cc2)cc1O.Oc1ccc(Cc2cccc(Cc3ccc(O)c(O)c3)n2)cc1O. The van der Waals surface area contributed by atoms with Crippen molar-refractivity contribution in [1.82, 2.24) is 4.98 Å². The molecule has 6 rings (SSSR count). The zero-order chi connectivity index (χ0) is 34.2. The molecule has 6 aromatic rings. The summed E-state index contributed by atoms with van der Waals surface area (Å²) < 4.78 is 0. The number of aromatic hydroxyl groups is 8. The van der Waals surface area contributed by atoms with Crippen LogP contribution in [0.2, 0.25) is 0 Å². The Hall–Kier alpha value is -6.35. The third-order valence-corrected chi connectivity index (χ3v) is 7.63. The number of nitrogens with zero attached hydrogens (tertiary/aromatic N) is 1. The summed E-state index contributed by atoms with van der Waals surface area (Å²) in [4.78, 5) is 4.58. The predicted octanol–water partition coefficient (Wildman–Crippen LogP) is 6.78. The highest BCUT2D eigenvalue weighted by atomic mass is 16.3. The second-order valence-electron chi connectivity index (χ2n) is 11.4. The van der Waals surface area contributed by atoms with E-state index in [9.17, 15) is 40.9 Å². The van der Waals surface area contributed by atoms with Gasteiger partial charge in [-0.1, -0.05) is 54.6 Å². The summed E-state index contributed by atoms with van der Waals surface area (Å²) in [6, 6.07) is 32.8. The first-order valence-corrected chi connectivity index (χ1v) is 15.1. The van der Waals surface area contributed by atoms with Crippen LogP contribution in [-0.4, -0.2) is 45.8 Å². The molecule has 0 unspecified atom stereocenters. The molecule has 0 aliphatic carbocycles. The number of hydrogen-bond donors (Lipinski definition) is 8. The van der Waals surface area contributed by atoms with E-state index >= 15 is 0 Å². The van der Waals surface area contributed by atoms with Crippen molar-refractivity contribution in [3.05, 3.63) is 160 Å². The van der Waals surface area contributed by atoms with E-state index in [-0.39, 0.29) is 46.0 Å². The zero-order valence-corrected chi connectivity index (χ0v) is 25.8. The number of pyridine rings is 1. The highest BCUT2D eigenvalue weighted by molar-refractivity contribution is 5.45. The zero-order valence-electron chi connectivity index (χ0n) is 25.8. The van der Waals surface area contributed by atoms with Crippen molar-refractivity contribution >= 4 is 0 Å². The van der Waals surface area contributed by atoms with Crippen LogP contribution in [0.3, 0.4) is 0 Å².